The molecule has 7 heteroatoms. The van der Waals surface area contributed by atoms with E-state index >= 15 is 0 Å². The van der Waals surface area contributed by atoms with E-state index in [1.165, 1.54) is 0 Å². The molecule has 0 radical (unpaired) electrons. The summed E-state index contributed by atoms with van der Waals surface area (Å²) >= 11 is 0. The molecule has 1 aromatic rings. The zero-order chi connectivity index (χ0) is 19.6. The average Bonchev–Trinajstić information content (AvgIpc) is 2.93. The number of nitrogens with zero attached hydrogens (tertiary/aromatic N) is 1. The van der Waals surface area contributed by atoms with Crippen molar-refractivity contribution >= 4 is 23.7 Å². The fourth-order valence-corrected chi connectivity index (χ4v) is 4.34. The van der Waals surface area contributed by atoms with Crippen molar-refractivity contribution in [3.05, 3.63) is 29.3 Å². The van der Waals surface area contributed by atoms with Crippen molar-refractivity contribution < 1.29 is 14.4 Å². The molecule has 2 aliphatic rings. The smallest absolute Gasteiger partial charge is 0.322 e. The Kier molecular flexibility index (Phi) is 5.39. The van der Waals surface area contributed by atoms with Crippen molar-refractivity contribution in [3.8, 4) is 0 Å². The molecule has 0 aromatic heterocycles. The van der Waals surface area contributed by atoms with Crippen molar-refractivity contribution in [2.45, 2.75) is 52.0 Å². The summed E-state index contributed by atoms with van der Waals surface area (Å²) < 4.78 is 0. The number of urea groups is 2. The lowest BCUT2D eigenvalue weighted by Gasteiger charge is -2.40. The van der Waals surface area contributed by atoms with Gasteiger partial charge >= 0.3 is 12.1 Å². The second kappa shape index (κ2) is 7.58. The predicted octanol–water partition coefficient (Wildman–Crippen LogP) is 2.93. The van der Waals surface area contributed by atoms with Gasteiger partial charge in [-0.05, 0) is 50.2 Å². The van der Waals surface area contributed by atoms with E-state index in [0.29, 0.717) is 32.4 Å². The normalized spacial score (nSPS) is 23.1. The molecular weight excluding hydrogens is 344 g/mol. The molecule has 146 valence electrons. The first-order chi connectivity index (χ1) is 12.9. The van der Waals surface area contributed by atoms with E-state index < -0.39 is 11.6 Å². The summed E-state index contributed by atoms with van der Waals surface area (Å²) in [5.74, 6) is -0.194. The van der Waals surface area contributed by atoms with Gasteiger partial charge in [0.1, 0.15) is 5.54 Å². The number of likely N-dealkylation sites (tertiary alicyclic amines) is 1. The Bertz CT molecular complexity index is 735. The number of hydrogen-bond acceptors (Lipinski definition) is 3. The number of amides is 5. The Balaban J connectivity index is 1.65. The number of piperidine rings is 1. The van der Waals surface area contributed by atoms with Crippen LogP contribution in [-0.2, 0) is 4.79 Å². The molecule has 27 heavy (non-hydrogen) atoms. The minimum absolute atomic E-state index is 0.0353. The number of aryl methyl sites for hydroxylation is 2. The van der Waals surface area contributed by atoms with Gasteiger partial charge in [0.2, 0.25) is 0 Å². The summed E-state index contributed by atoms with van der Waals surface area (Å²) in [6.07, 6.45) is 2.80. The zero-order valence-electron chi connectivity index (χ0n) is 16.2. The number of anilines is 1. The minimum atomic E-state index is -0.832. The topological polar surface area (TPSA) is 90.5 Å². The standard InChI is InChI=1S/C20H28N4O3/c1-4-10-20(17(25)22-18(26)23-20)15-8-11-24(12-9-15)19(27)21-16-13(2)6-5-7-14(16)3/h5-7,15H,4,8-12H2,1-3H3,(H,21,27)(H2,22,23,25,26)/t20-/m1/s1. The van der Waals surface area contributed by atoms with Gasteiger partial charge < -0.3 is 15.5 Å². The van der Waals surface area contributed by atoms with Crippen LogP contribution in [0.2, 0.25) is 0 Å². The van der Waals surface area contributed by atoms with Crippen molar-refractivity contribution in [1.29, 1.82) is 0 Å². The second-order valence-corrected chi connectivity index (χ2v) is 7.59. The van der Waals surface area contributed by atoms with E-state index in [-0.39, 0.29) is 17.9 Å². The molecule has 0 unspecified atom stereocenters. The number of rotatable bonds is 4. The van der Waals surface area contributed by atoms with E-state index in [1.807, 2.05) is 39.0 Å². The molecule has 7 nitrogen and oxygen atoms in total. The molecule has 0 saturated carbocycles. The van der Waals surface area contributed by atoms with Crippen molar-refractivity contribution in [3.63, 3.8) is 0 Å². The summed E-state index contributed by atoms with van der Waals surface area (Å²) in [6.45, 7) is 7.09. The minimum Gasteiger partial charge on any atom is -0.325 e. The molecule has 5 amide bonds. The maximum absolute atomic E-state index is 12.7. The Morgan fingerprint density at radius 1 is 1.22 bits per heavy atom. The van der Waals surface area contributed by atoms with Crippen LogP contribution in [0.15, 0.2) is 18.2 Å². The van der Waals surface area contributed by atoms with E-state index in [0.717, 1.165) is 23.2 Å². The first-order valence-corrected chi connectivity index (χ1v) is 9.63. The maximum atomic E-state index is 12.7. The predicted molar refractivity (Wildman–Crippen MR) is 104 cm³/mol. The summed E-state index contributed by atoms with van der Waals surface area (Å²) in [5, 5.41) is 8.28. The fraction of sp³-hybridized carbons (Fsp3) is 0.550. The molecule has 1 aromatic carbocycles. The Labute approximate surface area is 159 Å². The van der Waals surface area contributed by atoms with Crippen LogP contribution in [0.25, 0.3) is 0 Å². The number of hydrogen-bond donors (Lipinski definition) is 3. The van der Waals surface area contributed by atoms with E-state index in [1.54, 1.807) is 4.90 Å². The lowest BCUT2D eigenvalue weighted by molar-refractivity contribution is -0.126. The summed E-state index contributed by atoms with van der Waals surface area (Å²) in [4.78, 5) is 38.6. The SMILES string of the molecule is CCC[C@]1(C2CCN(C(=O)Nc3c(C)cccc3C)CC2)NC(=O)NC1=O. The number of benzene rings is 1. The van der Waals surface area contributed by atoms with Crippen LogP contribution in [-0.4, -0.2) is 41.5 Å². The molecule has 1 atom stereocenters. The second-order valence-electron chi connectivity index (χ2n) is 7.59. The number of carbonyl (C=O) groups is 3. The molecule has 0 aliphatic carbocycles. The molecule has 2 aliphatic heterocycles. The Hall–Kier alpha value is -2.57. The van der Waals surface area contributed by atoms with Crippen LogP contribution in [0.4, 0.5) is 15.3 Å². The molecule has 3 N–H and O–H groups in total. The molecule has 2 heterocycles. The van der Waals surface area contributed by atoms with Gasteiger partial charge in [-0.1, -0.05) is 31.5 Å². The van der Waals surface area contributed by atoms with Crippen LogP contribution in [0.5, 0.6) is 0 Å². The van der Waals surface area contributed by atoms with E-state index in [4.69, 9.17) is 0 Å². The third-order valence-corrected chi connectivity index (χ3v) is 5.81. The number of imide groups is 1. The highest BCUT2D eigenvalue weighted by Crippen LogP contribution is 2.34. The molecule has 0 spiro atoms. The highest BCUT2D eigenvalue weighted by atomic mass is 16.2. The van der Waals surface area contributed by atoms with Crippen LogP contribution in [0, 0.1) is 19.8 Å². The van der Waals surface area contributed by atoms with Gasteiger partial charge in [-0.15, -0.1) is 0 Å². The Morgan fingerprint density at radius 2 is 1.85 bits per heavy atom. The van der Waals surface area contributed by atoms with Crippen molar-refractivity contribution in [1.82, 2.24) is 15.5 Å². The highest BCUT2D eigenvalue weighted by molar-refractivity contribution is 6.07. The van der Waals surface area contributed by atoms with Gasteiger partial charge in [0.25, 0.3) is 5.91 Å². The molecule has 0 bridgehead atoms. The van der Waals surface area contributed by atoms with Gasteiger partial charge in [-0.3, -0.25) is 10.1 Å². The molecular formula is C20H28N4O3. The van der Waals surface area contributed by atoms with E-state index in [9.17, 15) is 14.4 Å². The lowest BCUT2D eigenvalue weighted by atomic mass is 9.75. The van der Waals surface area contributed by atoms with Gasteiger partial charge in [0, 0.05) is 18.8 Å². The summed E-state index contributed by atoms with van der Waals surface area (Å²) in [7, 11) is 0. The summed E-state index contributed by atoms with van der Waals surface area (Å²) in [6, 6.07) is 5.40. The zero-order valence-corrected chi connectivity index (χ0v) is 16.2. The molecule has 3 rings (SSSR count). The van der Waals surface area contributed by atoms with Crippen molar-refractivity contribution in [2.75, 3.05) is 18.4 Å². The first kappa shape index (κ1) is 19.2. The van der Waals surface area contributed by atoms with Crippen LogP contribution >= 0.6 is 0 Å². The third kappa shape index (κ3) is 3.63. The van der Waals surface area contributed by atoms with Gasteiger partial charge in [-0.2, -0.15) is 0 Å². The molecule has 2 fully saturated rings. The van der Waals surface area contributed by atoms with Crippen molar-refractivity contribution in [2.24, 2.45) is 5.92 Å². The average molecular weight is 372 g/mol. The number of para-hydroxylation sites is 1. The highest BCUT2D eigenvalue weighted by Gasteiger charge is 2.51. The van der Waals surface area contributed by atoms with Gasteiger partial charge in [0.05, 0.1) is 0 Å². The quantitative estimate of drug-likeness (QED) is 0.710. The largest absolute Gasteiger partial charge is 0.325 e. The fourth-order valence-electron chi connectivity index (χ4n) is 4.34. The number of carbonyl (C=O) groups excluding carboxylic acids is 3. The Morgan fingerprint density at radius 3 is 2.37 bits per heavy atom. The third-order valence-electron chi connectivity index (χ3n) is 5.81. The monoisotopic (exact) mass is 372 g/mol. The summed E-state index contributed by atoms with van der Waals surface area (Å²) in [5.41, 5.74) is 2.09. The number of nitrogens with one attached hydrogen (secondary N) is 3. The van der Waals surface area contributed by atoms with Gasteiger partial charge in [-0.25, -0.2) is 9.59 Å². The van der Waals surface area contributed by atoms with Crippen LogP contribution in [0.3, 0.4) is 0 Å². The van der Waals surface area contributed by atoms with Gasteiger partial charge in [0.15, 0.2) is 0 Å². The first-order valence-electron chi connectivity index (χ1n) is 9.63. The lowest BCUT2D eigenvalue weighted by Crippen LogP contribution is -2.56. The van der Waals surface area contributed by atoms with Crippen LogP contribution in [0.1, 0.15) is 43.7 Å². The van der Waals surface area contributed by atoms with E-state index in [2.05, 4.69) is 16.0 Å². The van der Waals surface area contributed by atoms with Crippen LogP contribution < -0.4 is 16.0 Å². The molecule has 2 saturated heterocycles. The maximum Gasteiger partial charge on any atom is 0.322 e.